The standard InChI is InChI=1S/C19H30N2O10/c1-6-7-13(18(20)26)30-19-15(21-9(2)22)17(29-12(5)25)16(28-11(4)24)14(31-19)8-27-10(3)23/h13-17,19H,6-8H2,1-5H3,(H2,20,26)(H,21,22)/t13?,14-,15-,16+,17-,19-/m1/s1. The van der Waals surface area contributed by atoms with Crippen LogP contribution in [0.4, 0.5) is 0 Å². The number of amides is 2. The predicted molar refractivity (Wildman–Crippen MR) is 103 cm³/mol. The molecular weight excluding hydrogens is 416 g/mol. The monoisotopic (exact) mass is 446 g/mol. The molecule has 0 aromatic carbocycles. The fraction of sp³-hybridized carbons (Fsp3) is 0.737. The second-order valence-corrected chi connectivity index (χ2v) is 7.04. The first kappa shape index (κ1) is 26.3. The Morgan fingerprint density at radius 3 is 2.00 bits per heavy atom. The summed E-state index contributed by atoms with van der Waals surface area (Å²) in [7, 11) is 0. The molecule has 176 valence electrons. The van der Waals surface area contributed by atoms with Crippen LogP contribution in [0.1, 0.15) is 47.5 Å². The highest BCUT2D eigenvalue weighted by atomic mass is 16.7. The van der Waals surface area contributed by atoms with Crippen molar-refractivity contribution in [3.8, 4) is 0 Å². The molecule has 1 saturated heterocycles. The van der Waals surface area contributed by atoms with Crippen LogP contribution in [0.5, 0.6) is 0 Å². The zero-order chi connectivity index (χ0) is 23.7. The molecule has 0 aliphatic carbocycles. The molecule has 1 aliphatic heterocycles. The Morgan fingerprint density at radius 2 is 1.55 bits per heavy atom. The fourth-order valence-electron chi connectivity index (χ4n) is 3.11. The molecule has 0 radical (unpaired) electrons. The van der Waals surface area contributed by atoms with E-state index < -0.39 is 66.5 Å². The number of esters is 3. The maximum Gasteiger partial charge on any atom is 0.303 e. The highest BCUT2D eigenvalue weighted by molar-refractivity contribution is 5.78. The van der Waals surface area contributed by atoms with E-state index in [4.69, 9.17) is 29.4 Å². The first-order valence-electron chi connectivity index (χ1n) is 9.81. The molecule has 0 aromatic heterocycles. The summed E-state index contributed by atoms with van der Waals surface area (Å²) in [5, 5.41) is 2.55. The summed E-state index contributed by atoms with van der Waals surface area (Å²) in [6.45, 7) is 6.09. The van der Waals surface area contributed by atoms with Gasteiger partial charge in [0.25, 0.3) is 0 Å². The maximum absolute atomic E-state index is 11.8. The van der Waals surface area contributed by atoms with Crippen LogP contribution in [-0.2, 0) is 47.7 Å². The quantitative estimate of drug-likeness (QED) is 0.323. The van der Waals surface area contributed by atoms with Crippen LogP contribution in [0, 0.1) is 0 Å². The smallest absolute Gasteiger partial charge is 0.303 e. The molecule has 1 aliphatic rings. The summed E-state index contributed by atoms with van der Waals surface area (Å²) >= 11 is 0. The van der Waals surface area contributed by atoms with E-state index >= 15 is 0 Å². The van der Waals surface area contributed by atoms with Gasteiger partial charge in [0.05, 0.1) is 0 Å². The van der Waals surface area contributed by atoms with Gasteiger partial charge in [-0.2, -0.15) is 0 Å². The number of carbonyl (C=O) groups is 5. The lowest BCUT2D eigenvalue weighted by molar-refractivity contribution is -0.285. The molecule has 1 rings (SSSR count). The number of primary amides is 1. The van der Waals surface area contributed by atoms with E-state index in [0.717, 1.165) is 13.8 Å². The third-order valence-corrected chi connectivity index (χ3v) is 4.24. The van der Waals surface area contributed by atoms with Crippen LogP contribution in [0.25, 0.3) is 0 Å². The molecule has 0 bridgehead atoms. The highest BCUT2D eigenvalue weighted by Gasteiger charge is 2.52. The maximum atomic E-state index is 11.8. The number of hydrogen-bond donors (Lipinski definition) is 2. The summed E-state index contributed by atoms with van der Waals surface area (Å²) in [5.41, 5.74) is 5.40. The van der Waals surface area contributed by atoms with E-state index in [9.17, 15) is 24.0 Å². The molecule has 1 fully saturated rings. The van der Waals surface area contributed by atoms with Gasteiger partial charge in [-0.3, -0.25) is 24.0 Å². The second-order valence-electron chi connectivity index (χ2n) is 7.04. The van der Waals surface area contributed by atoms with Crippen molar-refractivity contribution in [2.24, 2.45) is 5.73 Å². The molecule has 6 atom stereocenters. The van der Waals surface area contributed by atoms with Crippen molar-refractivity contribution in [2.45, 2.75) is 84.2 Å². The predicted octanol–water partition coefficient (Wildman–Crippen LogP) is -0.687. The van der Waals surface area contributed by atoms with Gasteiger partial charge in [-0.1, -0.05) is 13.3 Å². The molecule has 1 heterocycles. The Morgan fingerprint density at radius 1 is 0.968 bits per heavy atom. The highest BCUT2D eigenvalue weighted by Crippen LogP contribution is 2.29. The van der Waals surface area contributed by atoms with Gasteiger partial charge in [0, 0.05) is 27.7 Å². The van der Waals surface area contributed by atoms with Crippen molar-refractivity contribution >= 4 is 29.7 Å². The van der Waals surface area contributed by atoms with Crippen LogP contribution in [-0.4, -0.2) is 73.1 Å². The van der Waals surface area contributed by atoms with E-state index in [2.05, 4.69) is 5.32 Å². The van der Waals surface area contributed by atoms with Gasteiger partial charge in [0.15, 0.2) is 18.5 Å². The summed E-state index contributed by atoms with van der Waals surface area (Å²) in [6.07, 6.45) is -5.19. The van der Waals surface area contributed by atoms with Crippen LogP contribution in [0.2, 0.25) is 0 Å². The van der Waals surface area contributed by atoms with Gasteiger partial charge in [-0.25, -0.2) is 0 Å². The average Bonchev–Trinajstić information content (AvgIpc) is 2.63. The van der Waals surface area contributed by atoms with Crippen LogP contribution in [0.3, 0.4) is 0 Å². The first-order chi connectivity index (χ1) is 14.5. The van der Waals surface area contributed by atoms with E-state index in [0.29, 0.717) is 6.42 Å². The van der Waals surface area contributed by atoms with E-state index in [1.165, 1.54) is 13.8 Å². The van der Waals surface area contributed by atoms with Crippen molar-refractivity contribution in [3.63, 3.8) is 0 Å². The van der Waals surface area contributed by atoms with E-state index in [1.807, 2.05) is 6.92 Å². The van der Waals surface area contributed by atoms with Gasteiger partial charge in [0.2, 0.25) is 11.8 Å². The molecule has 3 N–H and O–H groups in total. The number of carbonyl (C=O) groups excluding carboxylic acids is 5. The topological polar surface area (TPSA) is 170 Å². The molecule has 2 amide bonds. The average molecular weight is 446 g/mol. The van der Waals surface area contributed by atoms with E-state index in [1.54, 1.807) is 0 Å². The Hall–Kier alpha value is -2.73. The molecule has 0 saturated carbocycles. The lowest BCUT2D eigenvalue weighted by Gasteiger charge is -2.45. The number of hydrogen-bond acceptors (Lipinski definition) is 10. The summed E-state index contributed by atoms with van der Waals surface area (Å²) in [4.78, 5) is 58.4. The first-order valence-corrected chi connectivity index (χ1v) is 9.81. The van der Waals surface area contributed by atoms with E-state index in [-0.39, 0.29) is 13.0 Å². The third kappa shape index (κ3) is 8.50. The summed E-state index contributed by atoms with van der Waals surface area (Å²) < 4.78 is 27.1. The van der Waals surface area contributed by atoms with Crippen molar-refractivity contribution in [3.05, 3.63) is 0 Å². The number of ether oxygens (including phenoxy) is 5. The van der Waals surface area contributed by atoms with Crippen molar-refractivity contribution < 1.29 is 47.7 Å². The normalized spacial score (nSPS) is 26.3. The van der Waals surface area contributed by atoms with Gasteiger partial charge < -0.3 is 34.7 Å². The SMILES string of the molecule is CCCC(O[C@@H]1O[C@H](COC(C)=O)[C@H](OC(C)=O)[C@H](OC(C)=O)[C@H]1NC(C)=O)C(N)=O. The largest absolute Gasteiger partial charge is 0.463 e. The zero-order valence-corrected chi connectivity index (χ0v) is 18.2. The summed E-state index contributed by atoms with van der Waals surface area (Å²) in [5.74, 6) is -3.36. The van der Waals surface area contributed by atoms with Crippen molar-refractivity contribution in [1.29, 1.82) is 0 Å². The molecule has 12 nitrogen and oxygen atoms in total. The van der Waals surface area contributed by atoms with Gasteiger partial charge in [-0.15, -0.1) is 0 Å². The van der Waals surface area contributed by atoms with Crippen LogP contribution >= 0.6 is 0 Å². The minimum Gasteiger partial charge on any atom is -0.463 e. The second kappa shape index (κ2) is 12.2. The molecule has 31 heavy (non-hydrogen) atoms. The number of rotatable bonds is 10. The Labute approximate surface area is 180 Å². The van der Waals surface area contributed by atoms with Crippen molar-refractivity contribution in [2.75, 3.05) is 6.61 Å². The molecular formula is C19H30N2O10. The Kier molecular flexibility index (Phi) is 10.4. The van der Waals surface area contributed by atoms with Crippen LogP contribution < -0.4 is 11.1 Å². The van der Waals surface area contributed by atoms with Crippen molar-refractivity contribution in [1.82, 2.24) is 5.32 Å². The van der Waals surface area contributed by atoms with Crippen LogP contribution in [0.15, 0.2) is 0 Å². The lowest BCUT2D eigenvalue weighted by Crippen LogP contribution is -2.67. The number of nitrogens with two attached hydrogens (primary N) is 1. The Balaban J connectivity index is 3.38. The fourth-order valence-corrected chi connectivity index (χ4v) is 3.11. The molecule has 0 spiro atoms. The molecule has 12 heteroatoms. The zero-order valence-electron chi connectivity index (χ0n) is 18.2. The number of nitrogens with one attached hydrogen (secondary N) is 1. The third-order valence-electron chi connectivity index (χ3n) is 4.24. The molecule has 1 unspecified atom stereocenters. The summed E-state index contributed by atoms with van der Waals surface area (Å²) in [6, 6.07) is -1.15. The Bertz CT molecular complexity index is 683. The van der Waals surface area contributed by atoms with Gasteiger partial charge in [0.1, 0.15) is 24.9 Å². The lowest BCUT2D eigenvalue weighted by atomic mass is 9.96. The molecule has 0 aromatic rings. The van der Waals surface area contributed by atoms with Gasteiger partial charge in [-0.05, 0) is 6.42 Å². The minimum absolute atomic E-state index is 0.266. The van der Waals surface area contributed by atoms with Gasteiger partial charge >= 0.3 is 17.9 Å². The minimum atomic E-state index is -1.33.